The topological polar surface area (TPSA) is 55.8 Å². The molecule has 0 saturated carbocycles. The summed E-state index contributed by atoms with van der Waals surface area (Å²) in [6.45, 7) is 1.33. The van der Waals surface area contributed by atoms with E-state index in [1.165, 1.54) is 20.0 Å². The predicted molar refractivity (Wildman–Crippen MR) is 64.7 cm³/mol. The van der Waals surface area contributed by atoms with E-state index in [9.17, 15) is 4.79 Å². The molecule has 0 atom stereocenters. The third-order valence-corrected chi connectivity index (χ3v) is 3.44. The average Bonchev–Trinajstić information content (AvgIpc) is 2.30. The molecule has 0 unspecified atom stereocenters. The molecule has 1 fully saturated rings. The van der Waals surface area contributed by atoms with Gasteiger partial charge in [-0.3, -0.25) is 4.79 Å². The summed E-state index contributed by atoms with van der Waals surface area (Å²) in [6.07, 6.45) is 7.42. The summed E-state index contributed by atoms with van der Waals surface area (Å²) in [7, 11) is 1.44. The van der Waals surface area contributed by atoms with E-state index < -0.39 is 0 Å². The summed E-state index contributed by atoms with van der Waals surface area (Å²) in [4.78, 5) is 11.6. The Morgan fingerprint density at radius 3 is 2.24 bits per heavy atom. The van der Waals surface area contributed by atoms with Gasteiger partial charge < -0.3 is 14.6 Å². The van der Waals surface area contributed by atoms with Crippen molar-refractivity contribution in [1.29, 1.82) is 0 Å². The summed E-state index contributed by atoms with van der Waals surface area (Å²) in [5.74, 6) is -0.121. The van der Waals surface area contributed by atoms with Gasteiger partial charge in [0.1, 0.15) is 5.41 Å². The van der Waals surface area contributed by atoms with Crippen LogP contribution in [0.4, 0.5) is 0 Å². The summed E-state index contributed by atoms with van der Waals surface area (Å²) in [5.41, 5.74) is -0.347. The highest BCUT2D eigenvalue weighted by Gasteiger charge is 2.46. The van der Waals surface area contributed by atoms with Crippen molar-refractivity contribution in [2.75, 3.05) is 26.9 Å². The van der Waals surface area contributed by atoms with Gasteiger partial charge in [-0.05, 0) is 12.8 Å². The van der Waals surface area contributed by atoms with Crippen LogP contribution in [0.1, 0.15) is 44.9 Å². The van der Waals surface area contributed by atoms with Gasteiger partial charge in [0.15, 0.2) is 0 Å². The molecule has 0 radical (unpaired) electrons. The van der Waals surface area contributed by atoms with E-state index >= 15 is 0 Å². The molecule has 4 nitrogen and oxygen atoms in total. The minimum Gasteiger partial charge on any atom is -0.468 e. The Morgan fingerprint density at radius 1 is 1.18 bits per heavy atom. The fraction of sp³-hybridized carbons (Fsp3) is 0.923. The molecule has 0 aromatic carbocycles. The van der Waals surface area contributed by atoms with Crippen molar-refractivity contribution in [3.05, 3.63) is 0 Å². The van der Waals surface area contributed by atoms with Crippen LogP contribution >= 0.6 is 0 Å². The van der Waals surface area contributed by atoms with Crippen LogP contribution < -0.4 is 0 Å². The zero-order valence-electron chi connectivity index (χ0n) is 10.7. The first-order valence-electron chi connectivity index (χ1n) is 6.52. The normalized spacial score (nSPS) is 17.5. The van der Waals surface area contributed by atoms with E-state index in [1.807, 2.05) is 0 Å². The van der Waals surface area contributed by atoms with Gasteiger partial charge in [-0.2, -0.15) is 0 Å². The molecule has 0 aromatic heterocycles. The summed E-state index contributed by atoms with van der Waals surface area (Å²) >= 11 is 0. The van der Waals surface area contributed by atoms with Crippen molar-refractivity contribution in [3.8, 4) is 0 Å². The van der Waals surface area contributed by atoms with E-state index in [0.717, 1.165) is 32.1 Å². The molecule has 0 aliphatic carbocycles. The number of aliphatic hydroxyl groups excluding tert-OH is 1. The first kappa shape index (κ1) is 14.5. The lowest BCUT2D eigenvalue weighted by Gasteiger charge is -2.38. The Kier molecular flexibility index (Phi) is 6.52. The zero-order chi connectivity index (χ0) is 12.6. The average molecular weight is 244 g/mol. The fourth-order valence-corrected chi connectivity index (χ4v) is 2.21. The second kappa shape index (κ2) is 7.67. The van der Waals surface area contributed by atoms with Gasteiger partial charge in [0.2, 0.25) is 0 Å². The molecule has 1 rings (SSSR count). The molecule has 1 saturated heterocycles. The van der Waals surface area contributed by atoms with Gasteiger partial charge in [0.05, 0.1) is 20.3 Å². The van der Waals surface area contributed by atoms with Crippen LogP contribution in [0.5, 0.6) is 0 Å². The smallest absolute Gasteiger partial charge is 0.316 e. The van der Waals surface area contributed by atoms with Gasteiger partial charge in [-0.15, -0.1) is 0 Å². The van der Waals surface area contributed by atoms with Crippen LogP contribution in [0.15, 0.2) is 0 Å². The van der Waals surface area contributed by atoms with Gasteiger partial charge in [0, 0.05) is 6.61 Å². The Bertz CT molecular complexity index is 223. The Morgan fingerprint density at radius 2 is 1.76 bits per heavy atom. The SMILES string of the molecule is COC(=O)C1(CCCCCCCCO)COC1. The maximum Gasteiger partial charge on any atom is 0.316 e. The third-order valence-electron chi connectivity index (χ3n) is 3.44. The Hall–Kier alpha value is -0.610. The highest BCUT2D eigenvalue weighted by atomic mass is 16.5. The lowest BCUT2D eigenvalue weighted by Crippen LogP contribution is -2.49. The lowest BCUT2D eigenvalue weighted by atomic mass is 9.80. The highest BCUT2D eigenvalue weighted by Crippen LogP contribution is 2.34. The predicted octanol–water partition coefficient (Wildman–Crippen LogP) is 1.90. The molecule has 0 spiro atoms. The van der Waals surface area contributed by atoms with Crippen molar-refractivity contribution in [2.45, 2.75) is 44.9 Å². The van der Waals surface area contributed by atoms with Crippen molar-refractivity contribution in [1.82, 2.24) is 0 Å². The van der Waals surface area contributed by atoms with Crippen molar-refractivity contribution in [3.63, 3.8) is 0 Å². The number of unbranched alkanes of at least 4 members (excludes halogenated alkanes) is 5. The van der Waals surface area contributed by atoms with E-state index in [4.69, 9.17) is 14.6 Å². The lowest BCUT2D eigenvalue weighted by molar-refractivity contribution is -0.184. The number of rotatable bonds is 9. The molecule has 0 bridgehead atoms. The molecule has 1 aliphatic rings. The number of hydrogen-bond acceptors (Lipinski definition) is 4. The molecule has 100 valence electrons. The van der Waals surface area contributed by atoms with Gasteiger partial charge in [0.25, 0.3) is 0 Å². The van der Waals surface area contributed by atoms with Gasteiger partial charge in [-0.25, -0.2) is 0 Å². The van der Waals surface area contributed by atoms with Gasteiger partial charge in [-0.1, -0.05) is 32.1 Å². The fourth-order valence-electron chi connectivity index (χ4n) is 2.21. The Labute approximate surface area is 103 Å². The molecule has 1 N–H and O–H groups in total. The van der Waals surface area contributed by atoms with E-state index in [2.05, 4.69) is 0 Å². The number of carbonyl (C=O) groups is 1. The maximum atomic E-state index is 11.6. The van der Waals surface area contributed by atoms with E-state index in [0.29, 0.717) is 19.8 Å². The molecule has 0 amide bonds. The largest absolute Gasteiger partial charge is 0.468 e. The van der Waals surface area contributed by atoms with Crippen LogP contribution in [0.25, 0.3) is 0 Å². The van der Waals surface area contributed by atoms with Crippen molar-refractivity contribution in [2.24, 2.45) is 5.41 Å². The first-order valence-corrected chi connectivity index (χ1v) is 6.52. The molecule has 17 heavy (non-hydrogen) atoms. The minimum atomic E-state index is -0.347. The second-order valence-electron chi connectivity index (χ2n) is 4.86. The van der Waals surface area contributed by atoms with Crippen LogP contribution in [0.2, 0.25) is 0 Å². The molecule has 0 aromatic rings. The summed E-state index contributed by atoms with van der Waals surface area (Å²) in [6, 6.07) is 0. The maximum absolute atomic E-state index is 11.6. The number of carbonyl (C=O) groups excluding carboxylic acids is 1. The Balaban J connectivity index is 2.06. The first-order chi connectivity index (χ1) is 8.25. The number of hydrogen-bond donors (Lipinski definition) is 1. The highest BCUT2D eigenvalue weighted by molar-refractivity contribution is 5.77. The van der Waals surface area contributed by atoms with Crippen LogP contribution in [0.3, 0.4) is 0 Å². The zero-order valence-corrected chi connectivity index (χ0v) is 10.7. The number of ether oxygens (including phenoxy) is 2. The number of esters is 1. The molecular weight excluding hydrogens is 220 g/mol. The van der Waals surface area contributed by atoms with E-state index in [1.54, 1.807) is 0 Å². The van der Waals surface area contributed by atoms with Crippen molar-refractivity contribution < 1.29 is 19.4 Å². The monoisotopic (exact) mass is 244 g/mol. The van der Waals surface area contributed by atoms with Crippen LogP contribution in [-0.4, -0.2) is 38.0 Å². The number of methoxy groups -OCH3 is 1. The second-order valence-corrected chi connectivity index (χ2v) is 4.86. The molecule has 1 aliphatic heterocycles. The number of aliphatic hydroxyl groups is 1. The molecular formula is C13H24O4. The summed E-state index contributed by atoms with van der Waals surface area (Å²) in [5, 5.41) is 8.64. The molecule has 4 heteroatoms. The van der Waals surface area contributed by atoms with Crippen molar-refractivity contribution >= 4 is 5.97 Å². The third kappa shape index (κ3) is 4.28. The van der Waals surface area contributed by atoms with E-state index in [-0.39, 0.29) is 11.4 Å². The van der Waals surface area contributed by atoms with Crippen LogP contribution in [-0.2, 0) is 14.3 Å². The quantitative estimate of drug-likeness (QED) is 0.497. The molecule has 1 heterocycles. The van der Waals surface area contributed by atoms with Crippen LogP contribution in [0, 0.1) is 5.41 Å². The minimum absolute atomic E-state index is 0.121. The summed E-state index contributed by atoms with van der Waals surface area (Å²) < 4.78 is 9.96. The van der Waals surface area contributed by atoms with Gasteiger partial charge >= 0.3 is 5.97 Å². The standard InChI is InChI=1S/C13H24O4/c1-16-12(15)13(10-17-11-13)8-6-4-2-3-5-7-9-14/h14H,2-11H2,1H3.